The summed E-state index contributed by atoms with van der Waals surface area (Å²) in [6.45, 7) is 7.97. The topological polar surface area (TPSA) is 69.6 Å². The van der Waals surface area contributed by atoms with E-state index in [9.17, 15) is 9.59 Å². The molecule has 1 saturated carbocycles. The van der Waals surface area contributed by atoms with Gasteiger partial charge in [0, 0.05) is 19.1 Å². The number of carbonyl (C=O) groups excluding carboxylic acids is 1. The number of amides is 2. The molecule has 1 fully saturated rings. The van der Waals surface area contributed by atoms with Crippen LogP contribution in [0.3, 0.4) is 0 Å². The molecular weight excluding hydrogens is 268 g/mol. The van der Waals surface area contributed by atoms with Crippen LogP contribution in [0.4, 0.5) is 4.79 Å². The molecule has 0 radical (unpaired) electrons. The van der Waals surface area contributed by atoms with Crippen LogP contribution in [0.15, 0.2) is 11.6 Å². The maximum atomic E-state index is 12.2. The zero-order chi connectivity index (χ0) is 15.6. The Morgan fingerprint density at radius 1 is 1.33 bits per heavy atom. The van der Waals surface area contributed by atoms with Crippen molar-refractivity contribution in [3.05, 3.63) is 11.6 Å². The Labute approximate surface area is 126 Å². The molecule has 2 amide bonds. The molecule has 5 heteroatoms. The molecule has 21 heavy (non-hydrogen) atoms. The van der Waals surface area contributed by atoms with Crippen molar-refractivity contribution in [2.75, 3.05) is 13.1 Å². The Morgan fingerprint density at radius 2 is 2.05 bits per heavy atom. The summed E-state index contributed by atoms with van der Waals surface area (Å²) >= 11 is 0. The van der Waals surface area contributed by atoms with Crippen molar-refractivity contribution in [2.24, 2.45) is 11.3 Å². The van der Waals surface area contributed by atoms with Crippen LogP contribution in [0.1, 0.15) is 46.5 Å². The van der Waals surface area contributed by atoms with Crippen LogP contribution in [0.25, 0.3) is 0 Å². The average molecular weight is 294 g/mol. The summed E-state index contributed by atoms with van der Waals surface area (Å²) in [6, 6.07) is -0.0539. The number of nitrogens with one attached hydrogen (secondary N) is 1. The maximum Gasteiger partial charge on any atom is 0.317 e. The van der Waals surface area contributed by atoms with E-state index in [4.69, 9.17) is 5.11 Å². The average Bonchev–Trinajstić information content (AvgIpc) is 2.86. The normalized spacial score (nSPS) is 26.4. The molecule has 0 spiro atoms. The van der Waals surface area contributed by atoms with E-state index >= 15 is 0 Å². The minimum absolute atomic E-state index is 0.00610. The summed E-state index contributed by atoms with van der Waals surface area (Å²) < 4.78 is 0. The van der Waals surface area contributed by atoms with Gasteiger partial charge in [-0.1, -0.05) is 32.4 Å². The second kappa shape index (κ2) is 6.08. The number of rotatable bonds is 2. The third-order valence-electron chi connectivity index (χ3n) is 4.57. The fourth-order valence-electron chi connectivity index (χ4n) is 3.14. The first-order valence-electron chi connectivity index (χ1n) is 7.75. The van der Waals surface area contributed by atoms with Crippen LogP contribution in [-0.2, 0) is 4.79 Å². The number of hydrogen-bond acceptors (Lipinski definition) is 2. The van der Waals surface area contributed by atoms with Gasteiger partial charge in [-0.15, -0.1) is 0 Å². The van der Waals surface area contributed by atoms with Crippen molar-refractivity contribution in [2.45, 2.75) is 52.5 Å². The zero-order valence-electron chi connectivity index (χ0n) is 13.2. The van der Waals surface area contributed by atoms with E-state index in [0.717, 1.165) is 19.4 Å². The number of carboxylic acids is 1. The number of carboxylic acid groups (broad SMARTS) is 1. The molecule has 5 nitrogen and oxygen atoms in total. The van der Waals surface area contributed by atoms with Crippen LogP contribution in [0.5, 0.6) is 0 Å². The van der Waals surface area contributed by atoms with E-state index < -0.39 is 5.97 Å². The van der Waals surface area contributed by atoms with Gasteiger partial charge in [-0.05, 0) is 31.1 Å². The predicted molar refractivity (Wildman–Crippen MR) is 81.0 cm³/mol. The fraction of sp³-hybridized carbons (Fsp3) is 0.750. The minimum atomic E-state index is -0.748. The SMILES string of the molecule is CC(C)(C)C1=CCN(C(=O)NC2CCC(C(=O)O)C2)CC1. The molecular formula is C16H26N2O3. The molecule has 0 saturated heterocycles. The van der Waals surface area contributed by atoms with Gasteiger partial charge in [0.05, 0.1) is 5.92 Å². The molecule has 0 bridgehead atoms. The van der Waals surface area contributed by atoms with Gasteiger partial charge in [-0.3, -0.25) is 4.79 Å². The Hall–Kier alpha value is -1.52. The molecule has 1 aliphatic carbocycles. The third-order valence-corrected chi connectivity index (χ3v) is 4.57. The van der Waals surface area contributed by atoms with E-state index in [1.807, 2.05) is 4.90 Å². The smallest absolute Gasteiger partial charge is 0.317 e. The van der Waals surface area contributed by atoms with E-state index in [-0.39, 0.29) is 23.4 Å². The lowest BCUT2D eigenvalue weighted by Crippen LogP contribution is -2.46. The molecule has 2 atom stereocenters. The van der Waals surface area contributed by atoms with E-state index in [1.165, 1.54) is 5.57 Å². The van der Waals surface area contributed by atoms with Crippen LogP contribution in [0, 0.1) is 11.3 Å². The van der Waals surface area contributed by atoms with E-state index in [1.54, 1.807) is 0 Å². The lowest BCUT2D eigenvalue weighted by atomic mass is 9.83. The lowest BCUT2D eigenvalue weighted by molar-refractivity contribution is -0.141. The van der Waals surface area contributed by atoms with Crippen LogP contribution in [-0.4, -0.2) is 41.1 Å². The Kier molecular flexibility index (Phi) is 4.59. The van der Waals surface area contributed by atoms with Gasteiger partial charge >= 0.3 is 12.0 Å². The van der Waals surface area contributed by atoms with Crippen LogP contribution in [0.2, 0.25) is 0 Å². The van der Waals surface area contributed by atoms with Crippen molar-refractivity contribution in [3.8, 4) is 0 Å². The van der Waals surface area contributed by atoms with Gasteiger partial charge in [-0.25, -0.2) is 4.79 Å². The second-order valence-electron chi connectivity index (χ2n) is 7.17. The maximum absolute atomic E-state index is 12.2. The van der Waals surface area contributed by atoms with Crippen molar-refractivity contribution >= 4 is 12.0 Å². The van der Waals surface area contributed by atoms with Crippen molar-refractivity contribution in [1.29, 1.82) is 0 Å². The standard InChI is InChI=1S/C16H26N2O3/c1-16(2,3)12-6-8-18(9-7-12)15(21)17-13-5-4-11(10-13)14(19)20/h6,11,13H,4-5,7-10H2,1-3H3,(H,17,21)(H,19,20). The molecule has 0 aromatic carbocycles. The molecule has 118 valence electrons. The Balaban J connectivity index is 1.83. The molecule has 2 unspecified atom stereocenters. The first-order valence-corrected chi connectivity index (χ1v) is 7.75. The van der Waals surface area contributed by atoms with Gasteiger partial charge in [0.2, 0.25) is 0 Å². The first kappa shape index (κ1) is 15.9. The molecule has 0 aromatic rings. The molecule has 0 aromatic heterocycles. The summed E-state index contributed by atoms with van der Waals surface area (Å²) in [5.74, 6) is -1.05. The highest BCUT2D eigenvalue weighted by Gasteiger charge is 2.32. The lowest BCUT2D eigenvalue weighted by Gasteiger charge is -2.32. The highest BCUT2D eigenvalue weighted by molar-refractivity contribution is 5.75. The number of carbonyl (C=O) groups is 2. The second-order valence-corrected chi connectivity index (χ2v) is 7.17. The van der Waals surface area contributed by atoms with Gasteiger partial charge in [0.1, 0.15) is 0 Å². The molecule has 2 rings (SSSR count). The number of nitrogens with zero attached hydrogens (tertiary/aromatic N) is 1. The van der Waals surface area contributed by atoms with E-state index in [2.05, 4.69) is 32.2 Å². The highest BCUT2D eigenvalue weighted by Crippen LogP contribution is 2.30. The number of hydrogen-bond donors (Lipinski definition) is 2. The fourth-order valence-corrected chi connectivity index (χ4v) is 3.14. The van der Waals surface area contributed by atoms with Crippen LogP contribution >= 0.6 is 0 Å². The Bertz CT molecular complexity index is 451. The van der Waals surface area contributed by atoms with Gasteiger partial charge < -0.3 is 15.3 Å². The van der Waals surface area contributed by atoms with E-state index in [0.29, 0.717) is 19.4 Å². The molecule has 1 aliphatic heterocycles. The summed E-state index contributed by atoms with van der Waals surface area (Å²) in [5, 5.41) is 12.0. The minimum Gasteiger partial charge on any atom is -0.481 e. The molecule has 2 N–H and O–H groups in total. The summed E-state index contributed by atoms with van der Waals surface area (Å²) in [5.41, 5.74) is 1.57. The quantitative estimate of drug-likeness (QED) is 0.769. The van der Waals surface area contributed by atoms with Crippen molar-refractivity contribution < 1.29 is 14.7 Å². The Morgan fingerprint density at radius 3 is 2.52 bits per heavy atom. The summed E-state index contributed by atoms with van der Waals surface area (Å²) in [4.78, 5) is 25.0. The third kappa shape index (κ3) is 3.99. The van der Waals surface area contributed by atoms with Crippen LogP contribution < -0.4 is 5.32 Å². The van der Waals surface area contributed by atoms with Gasteiger partial charge in [0.15, 0.2) is 0 Å². The summed E-state index contributed by atoms with van der Waals surface area (Å²) in [7, 11) is 0. The largest absolute Gasteiger partial charge is 0.481 e. The van der Waals surface area contributed by atoms with Crippen molar-refractivity contribution in [1.82, 2.24) is 10.2 Å². The number of urea groups is 1. The summed E-state index contributed by atoms with van der Waals surface area (Å²) in [6.07, 6.45) is 5.04. The van der Waals surface area contributed by atoms with Crippen molar-refractivity contribution in [3.63, 3.8) is 0 Å². The van der Waals surface area contributed by atoms with Gasteiger partial charge in [0.25, 0.3) is 0 Å². The first-order chi connectivity index (χ1) is 9.77. The zero-order valence-corrected chi connectivity index (χ0v) is 13.2. The molecule has 1 heterocycles. The predicted octanol–water partition coefficient (Wildman–Crippen LogP) is 2.63. The monoisotopic (exact) mass is 294 g/mol. The van der Waals surface area contributed by atoms with Gasteiger partial charge in [-0.2, -0.15) is 0 Å². The number of aliphatic carboxylic acids is 1. The molecule has 2 aliphatic rings. The highest BCUT2D eigenvalue weighted by atomic mass is 16.4.